The van der Waals surface area contributed by atoms with Gasteiger partial charge in [0.25, 0.3) is 0 Å². The van der Waals surface area contributed by atoms with Gasteiger partial charge in [-0.15, -0.1) is 0 Å². The lowest BCUT2D eigenvalue weighted by atomic mass is 9.92. The Hall–Kier alpha value is -0.530. The molecular formula is C12H24O2. The smallest absolute Gasteiger partial charge is 0.306 e. The average molecular weight is 200 g/mol. The van der Waals surface area contributed by atoms with Crippen molar-refractivity contribution >= 4 is 5.97 Å². The van der Waals surface area contributed by atoms with E-state index in [-0.39, 0.29) is 16.8 Å². The Morgan fingerprint density at radius 2 is 1.50 bits per heavy atom. The molecule has 2 nitrogen and oxygen atoms in total. The van der Waals surface area contributed by atoms with Gasteiger partial charge in [0.1, 0.15) is 0 Å². The van der Waals surface area contributed by atoms with E-state index >= 15 is 0 Å². The Bertz CT molecular complexity index is 181. The standard InChI is InChI=1S/C12H24O2/c1-11(2,3)7-8-14-10(13)9-12(4,5)6/h7-9H2,1-6H3. The van der Waals surface area contributed by atoms with Crippen molar-refractivity contribution in [3.63, 3.8) is 0 Å². The highest BCUT2D eigenvalue weighted by atomic mass is 16.5. The summed E-state index contributed by atoms with van der Waals surface area (Å²) in [7, 11) is 0. The maximum Gasteiger partial charge on any atom is 0.306 e. The Morgan fingerprint density at radius 3 is 1.86 bits per heavy atom. The van der Waals surface area contributed by atoms with Gasteiger partial charge in [0, 0.05) is 0 Å². The molecule has 0 unspecified atom stereocenters. The normalized spacial score (nSPS) is 12.7. The molecule has 14 heavy (non-hydrogen) atoms. The van der Waals surface area contributed by atoms with Crippen LogP contribution < -0.4 is 0 Å². The Morgan fingerprint density at radius 1 is 1.00 bits per heavy atom. The molecule has 0 heterocycles. The van der Waals surface area contributed by atoms with Gasteiger partial charge in [-0.1, -0.05) is 41.5 Å². The SMILES string of the molecule is CC(C)(C)CCOC(=O)CC(C)(C)C. The van der Waals surface area contributed by atoms with Crippen molar-refractivity contribution in [1.82, 2.24) is 0 Å². The van der Waals surface area contributed by atoms with Crippen LogP contribution in [0.5, 0.6) is 0 Å². The Labute approximate surface area is 88.0 Å². The lowest BCUT2D eigenvalue weighted by molar-refractivity contribution is -0.146. The van der Waals surface area contributed by atoms with Gasteiger partial charge >= 0.3 is 5.97 Å². The van der Waals surface area contributed by atoms with Gasteiger partial charge in [-0.05, 0) is 17.3 Å². The minimum absolute atomic E-state index is 0.0266. The Kier molecular flexibility index (Phi) is 4.63. The van der Waals surface area contributed by atoms with Gasteiger partial charge in [-0.2, -0.15) is 0 Å². The van der Waals surface area contributed by atoms with E-state index in [1.807, 2.05) is 20.8 Å². The number of hydrogen-bond donors (Lipinski definition) is 0. The molecule has 0 N–H and O–H groups in total. The molecule has 0 aromatic heterocycles. The van der Waals surface area contributed by atoms with Crippen LogP contribution in [0.25, 0.3) is 0 Å². The topological polar surface area (TPSA) is 26.3 Å². The number of carbonyl (C=O) groups excluding carboxylic acids is 1. The van der Waals surface area contributed by atoms with Crippen LogP contribution in [0.3, 0.4) is 0 Å². The maximum atomic E-state index is 11.3. The summed E-state index contributed by atoms with van der Waals surface area (Å²) in [6, 6.07) is 0. The van der Waals surface area contributed by atoms with E-state index < -0.39 is 0 Å². The van der Waals surface area contributed by atoms with Crippen LogP contribution in [0, 0.1) is 10.8 Å². The van der Waals surface area contributed by atoms with Gasteiger partial charge in [-0.25, -0.2) is 0 Å². The first-order chi connectivity index (χ1) is 6.10. The largest absolute Gasteiger partial charge is 0.466 e. The van der Waals surface area contributed by atoms with E-state index in [1.54, 1.807) is 0 Å². The van der Waals surface area contributed by atoms with E-state index in [0.717, 1.165) is 6.42 Å². The fourth-order valence-electron chi connectivity index (χ4n) is 0.955. The first-order valence-electron chi connectivity index (χ1n) is 5.26. The summed E-state index contributed by atoms with van der Waals surface area (Å²) in [5.74, 6) is -0.0817. The van der Waals surface area contributed by atoms with Crippen LogP contribution in [0.15, 0.2) is 0 Å². The van der Waals surface area contributed by atoms with Crippen molar-refractivity contribution in [2.45, 2.75) is 54.4 Å². The van der Waals surface area contributed by atoms with E-state index in [1.165, 1.54) is 0 Å². The molecule has 0 aliphatic heterocycles. The van der Waals surface area contributed by atoms with Gasteiger partial charge in [0.15, 0.2) is 0 Å². The first kappa shape index (κ1) is 13.5. The van der Waals surface area contributed by atoms with Crippen molar-refractivity contribution in [2.75, 3.05) is 6.61 Å². The van der Waals surface area contributed by atoms with E-state index in [4.69, 9.17) is 4.74 Å². The molecule has 0 spiro atoms. The molecule has 0 atom stereocenters. The van der Waals surface area contributed by atoms with Crippen LogP contribution in [-0.4, -0.2) is 12.6 Å². The van der Waals surface area contributed by atoms with Gasteiger partial charge in [-0.3, -0.25) is 4.79 Å². The fourth-order valence-corrected chi connectivity index (χ4v) is 0.955. The maximum absolute atomic E-state index is 11.3. The van der Waals surface area contributed by atoms with E-state index in [9.17, 15) is 4.79 Å². The summed E-state index contributed by atoms with van der Waals surface area (Å²) in [5, 5.41) is 0. The molecule has 84 valence electrons. The molecule has 0 aliphatic rings. The lowest BCUT2D eigenvalue weighted by Gasteiger charge is -2.19. The quantitative estimate of drug-likeness (QED) is 0.653. The second kappa shape index (κ2) is 4.81. The van der Waals surface area contributed by atoms with E-state index in [2.05, 4.69) is 20.8 Å². The van der Waals surface area contributed by atoms with Gasteiger partial charge in [0.2, 0.25) is 0 Å². The highest BCUT2D eigenvalue weighted by Gasteiger charge is 2.17. The predicted octanol–water partition coefficient (Wildman–Crippen LogP) is 3.40. The van der Waals surface area contributed by atoms with Crippen LogP contribution in [0.4, 0.5) is 0 Å². The summed E-state index contributed by atoms with van der Waals surface area (Å²) in [6.45, 7) is 13.1. The molecule has 0 fully saturated rings. The minimum Gasteiger partial charge on any atom is -0.466 e. The van der Waals surface area contributed by atoms with Crippen LogP contribution in [0.2, 0.25) is 0 Å². The number of carbonyl (C=O) groups is 1. The van der Waals surface area contributed by atoms with Crippen molar-refractivity contribution < 1.29 is 9.53 Å². The molecule has 2 heteroatoms. The molecule has 0 rings (SSSR count). The van der Waals surface area contributed by atoms with Crippen molar-refractivity contribution in [1.29, 1.82) is 0 Å². The van der Waals surface area contributed by atoms with E-state index in [0.29, 0.717) is 13.0 Å². The number of ether oxygens (including phenoxy) is 1. The second-order valence-electron chi connectivity index (χ2n) is 6.27. The molecule has 0 aliphatic carbocycles. The summed E-state index contributed by atoms with van der Waals surface area (Å²) < 4.78 is 5.16. The third-order valence-electron chi connectivity index (χ3n) is 1.79. The summed E-state index contributed by atoms with van der Waals surface area (Å²) in [6.07, 6.45) is 1.42. The molecular weight excluding hydrogens is 176 g/mol. The average Bonchev–Trinajstić information content (AvgIpc) is 1.78. The molecule has 0 aromatic carbocycles. The number of rotatable bonds is 3. The zero-order chi connectivity index (χ0) is 11.4. The minimum atomic E-state index is -0.0817. The van der Waals surface area contributed by atoms with Crippen molar-refractivity contribution in [3.8, 4) is 0 Å². The lowest BCUT2D eigenvalue weighted by Crippen LogP contribution is -2.18. The summed E-state index contributed by atoms with van der Waals surface area (Å²) >= 11 is 0. The third-order valence-corrected chi connectivity index (χ3v) is 1.79. The van der Waals surface area contributed by atoms with Crippen LogP contribution >= 0.6 is 0 Å². The third kappa shape index (κ3) is 9.56. The summed E-state index contributed by atoms with van der Waals surface area (Å²) in [4.78, 5) is 11.3. The van der Waals surface area contributed by atoms with Crippen LogP contribution in [0.1, 0.15) is 54.4 Å². The highest BCUT2D eigenvalue weighted by Crippen LogP contribution is 2.21. The van der Waals surface area contributed by atoms with Crippen molar-refractivity contribution in [3.05, 3.63) is 0 Å². The fraction of sp³-hybridized carbons (Fsp3) is 0.917. The Balaban J connectivity index is 3.66. The molecule has 0 aromatic rings. The van der Waals surface area contributed by atoms with Gasteiger partial charge < -0.3 is 4.74 Å². The molecule has 0 amide bonds. The van der Waals surface area contributed by atoms with Crippen LogP contribution in [-0.2, 0) is 9.53 Å². The van der Waals surface area contributed by atoms with Crippen molar-refractivity contribution in [2.24, 2.45) is 10.8 Å². The van der Waals surface area contributed by atoms with Gasteiger partial charge in [0.05, 0.1) is 13.0 Å². The zero-order valence-corrected chi connectivity index (χ0v) is 10.4. The predicted molar refractivity (Wildman–Crippen MR) is 59.1 cm³/mol. The molecule has 0 radical (unpaired) electrons. The first-order valence-corrected chi connectivity index (χ1v) is 5.26. The molecule has 0 bridgehead atoms. The zero-order valence-electron chi connectivity index (χ0n) is 10.4. The summed E-state index contributed by atoms with van der Waals surface area (Å²) in [5.41, 5.74) is 0.265. The number of esters is 1. The molecule has 0 saturated heterocycles. The number of hydrogen-bond acceptors (Lipinski definition) is 2. The second-order valence-corrected chi connectivity index (χ2v) is 6.27. The monoisotopic (exact) mass is 200 g/mol. The highest BCUT2D eigenvalue weighted by molar-refractivity contribution is 5.70. The molecule has 0 saturated carbocycles.